The van der Waals surface area contributed by atoms with Crippen LogP contribution in [0.3, 0.4) is 0 Å². The Morgan fingerprint density at radius 2 is 1.85 bits per heavy atom. The first kappa shape index (κ1) is 20.8. The number of thioether (sulfide) groups is 1. The maximum atomic E-state index is 12.6. The van der Waals surface area contributed by atoms with Crippen LogP contribution in [0.5, 0.6) is 0 Å². The summed E-state index contributed by atoms with van der Waals surface area (Å²) in [5.74, 6) is 0.0794. The summed E-state index contributed by atoms with van der Waals surface area (Å²) in [5.41, 5.74) is 0.677. The number of hydrogen-bond acceptors (Lipinski definition) is 3. The van der Waals surface area contributed by atoms with Gasteiger partial charge < -0.3 is 10.2 Å². The molecule has 4 nitrogen and oxygen atoms in total. The highest BCUT2D eigenvalue weighted by molar-refractivity contribution is 7.99. The predicted octanol–water partition coefficient (Wildman–Crippen LogP) is 2.97. The van der Waals surface area contributed by atoms with E-state index in [1.807, 2.05) is 18.2 Å². The normalized spacial score (nSPS) is 12.3. The van der Waals surface area contributed by atoms with Gasteiger partial charge in [0.1, 0.15) is 6.54 Å². The van der Waals surface area contributed by atoms with Crippen molar-refractivity contribution in [3.8, 4) is 6.07 Å². The van der Waals surface area contributed by atoms with Gasteiger partial charge in [-0.25, -0.2) is 0 Å². The van der Waals surface area contributed by atoms with Gasteiger partial charge in [0.25, 0.3) is 5.91 Å². The Hall–Kier alpha value is -2.50. The molecule has 0 saturated heterocycles. The Balaban J connectivity index is 1.92. The monoisotopic (exact) mass is 394 g/mol. The van der Waals surface area contributed by atoms with Gasteiger partial charge in [-0.15, -0.1) is 11.8 Å². The minimum absolute atomic E-state index is 0.165. The lowest BCUT2D eigenvalue weighted by molar-refractivity contribution is -0.885. The molecule has 1 atom stereocenters. The minimum atomic E-state index is -4.35. The zero-order valence-corrected chi connectivity index (χ0v) is 15.5. The molecule has 0 saturated carbocycles. The van der Waals surface area contributed by atoms with E-state index in [2.05, 4.69) is 5.32 Å². The molecule has 0 aliphatic heterocycles. The van der Waals surface area contributed by atoms with E-state index < -0.39 is 11.7 Å². The molecular formula is C19H19F3N3OS+. The van der Waals surface area contributed by atoms with Crippen LogP contribution in [0.2, 0.25) is 0 Å². The van der Waals surface area contributed by atoms with Crippen LogP contribution in [-0.2, 0) is 17.5 Å². The first-order valence-corrected chi connectivity index (χ1v) is 9.14. The summed E-state index contributed by atoms with van der Waals surface area (Å²) in [6.45, 7) is 0.592. The minimum Gasteiger partial charge on any atom is -0.326 e. The topological polar surface area (TPSA) is 57.3 Å². The maximum Gasteiger partial charge on any atom is 0.416 e. The van der Waals surface area contributed by atoms with E-state index in [0.717, 1.165) is 27.5 Å². The molecule has 142 valence electrons. The molecule has 2 N–H and O–H groups in total. The summed E-state index contributed by atoms with van der Waals surface area (Å²) in [5, 5.41) is 11.5. The number of nitrogens with zero attached hydrogens (tertiary/aromatic N) is 1. The molecule has 0 aliphatic carbocycles. The van der Waals surface area contributed by atoms with E-state index in [1.54, 1.807) is 19.2 Å². The third-order valence-electron chi connectivity index (χ3n) is 3.70. The first-order chi connectivity index (χ1) is 12.8. The van der Waals surface area contributed by atoms with Crippen LogP contribution in [0.4, 0.5) is 18.9 Å². The summed E-state index contributed by atoms with van der Waals surface area (Å²) < 4.78 is 37.8. The number of amides is 1. The molecule has 0 heterocycles. The number of likely N-dealkylation sites (N-methyl/N-ethyl adjacent to an activating group) is 1. The Bertz CT molecular complexity index is 816. The first-order valence-electron chi connectivity index (χ1n) is 8.15. The number of benzene rings is 2. The highest BCUT2D eigenvalue weighted by Crippen LogP contribution is 2.29. The fraction of sp³-hybridized carbons (Fsp3) is 0.263. The molecule has 0 radical (unpaired) electrons. The van der Waals surface area contributed by atoms with Crippen molar-refractivity contribution in [2.45, 2.75) is 17.6 Å². The van der Waals surface area contributed by atoms with Crippen LogP contribution >= 0.6 is 11.8 Å². The number of halogens is 3. The number of anilines is 1. The second-order valence-electron chi connectivity index (χ2n) is 6.00. The van der Waals surface area contributed by atoms with E-state index in [4.69, 9.17) is 5.26 Å². The predicted molar refractivity (Wildman–Crippen MR) is 98.3 cm³/mol. The molecule has 27 heavy (non-hydrogen) atoms. The Kier molecular flexibility index (Phi) is 7.28. The van der Waals surface area contributed by atoms with E-state index in [1.165, 1.54) is 23.9 Å². The molecule has 2 aromatic carbocycles. The van der Waals surface area contributed by atoms with E-state index in [9.17, 15) is 18.0 Å². The number of carbonyl (C=O) groups excluding carboxylic acids is 1. The van der Waals surface area contributed by atoms with Crippen molar-refractivity contribution >= 4 is 23.4 Å². The molecular weight excluding hydrogens is 375 g/mol. The van der Waals surface area contributed by atoms with Crippen molar-refractivity contribution in [2.75, 3.05) is 24.7 Å². The standard InChI is InChI=1S/C19H18F3N3OS/c1-25(12-14-6-8-15(9-7-14)19(20,21)22)13-18(26)24-16-4-2-3-5-17(16)27-11-10-23/h2-9H,11-13H2,1H3,(H,24,26)/p+1. The van der Waals surface area contributed by atoms with Gasteiger partial charge >= 0.3 is 6.18 Å². The number of carbonyl (C=O) groups is 1. The van der Waals surface area contributed by atoms with Gasteiger partial charge in [0.15, 0.2) is 6.54 Å². The fourth-order valence-corrected chi connectivity index (χ4v) is 3.17. The molecule has 0 aliphatic rings. The van der Waals surface area contributed by atoms with Crippen LogP contribution in [0, 0.1) is 11.3 Å². The largest absolute Gasteiger partial charge is 0.416 e. The van der Waals surface area contributed by atoms with Gasteiger partial charge in [-0.1, -0.05) is 24.3 Å². The van der Waals surface area contributed by atoms with Crippen molar-refractivity contribution in [3.63, 3.8) is 0 Å². The van der Waals surface area contributed by atoms with Crippen molar-refractivity contribution in [1.29, 1.82) is 5.26 Å². The molecule has 0 fully saturated rings. The number of rotatable bonds is 7. The average Bonchev–Trinajstić information content (AvgIpc) is 2.60. The molecule has 0 aromatic heterocycles. The number of para-hydroxylation sites is 1. The number of hydrogen-bond donors (Lipinski definition) is 2. The number of alkyl halides is 3. The summed E-state index contributed by atoms with van der Waals surface area (Å²) >= 11 is 1.34. The Morgan fingerprint density at radius 1 is 1.19 bits per heavy atom. The van der Waals surface area contributed by atoms with Gasteiger partial charge in [-0.3, -0.25) is 4.79 Å². The Labute approximate surface area is 160 Å². The van der Waals surface area contributed by atoms with Gasteiger partial charge in [0.05, 0.1) is 30.1 Å². The third-order valence-corrected chi connectivity index (χ3v) is 4.64. The van der Waals surface area contributed by atoms with Crippen LogP contribution < -0.4 is 10.2 Å². The third kappa shape index (κ3) is 6.62. The molecule has 2 aromatic rings. The van der Waals surface area contributed by atoms with Gasteiger partial charge in [-0.2, -0.15) is 18.4 Å². The molecule has 0 spiro atoms. The lowest BCUT2D eigenvalue weighted by Crippen LogP contribution is -3.08. The molecule has 2 rings (SSSR count). The van der Waals surface area contributed by atoms with Crippen molar-refractivity contribution in [1.82, 2.24) is 0 Å². The number of nitrogens with one attached hydrogen (secondary N) is 2. The lowest BCUT2D eigenvalue weighted by Gasteiger charge is -2.15. The van der Waals surface area contributed by atoms with E-state index >= 15 is 0 Å². The fourth-order valence-electron chi connectivity index (χ4n) is 2.50. The quantitative estimate of drug-likeness (QED) is 0.710. The van der Waals surface area contributed by atoms with Gasteiger partial charge in [-0.05, 0) is 24.3 Å². The number of quaternary nitrogens is 1. The highest BCUT2D eigenvalue weighted by atomic mass is 32.2. The zero-order valence-electron chi connectivity index (χ0n) is 14.6. The smallest absolute Gasteiger partial charge is 0.326 e. The Morgan fingerprint density at radius 3 is 2.48 bits per heavy atom. The molecule has 8 heteroatoms. The highest BCUT2D eigenvalue weighted by Gasteiger charge is 2.30. The SMILES string of the molecule is C[NH+](CC(=O)Nc1ccccc1SCC#N)Cc1ccc(C(F)(F)F)cc1. The van der Waals surface area contributed by atoms with Crippen molar-refractivity contribution in [3.05, 3.63) is 59.7 Å². The van der Waals surface area contributed by atoms with Gasteiger partial charge in [0, 0.05) is 10.5 Å². The van der Waals surface area contributed by atoms with Crippen LogP contribution in [-0.4, -0.2) is 25.3 Å². The average molecular weight is 394 g/mol. The molecule has 0 bridgehead atoms. The lowest BCUT2D eigenvalue weighted by atomic mass is 10.1. The van der Waals surface area contributed by atoms with Crippen LogP contribution in [0.25, 0.3) is 0 Å². The summed E-state index contributed by atoms with van der Waals surface area (Å²) in [4.78, 5) is 13.9. The second-order valence-corrected chi connectivity index (χ2v) is 7.01. The number of nitriles is 1. The maximum absolute atomic E-state index is 12.6. The zero-order chi connectivity index (χ0) is 19.9. The summed E-state index contributed by atoms with van der Waals surface area (Å²) in [6, 6.07) is 14.2. The second kappa shape index (κ2) is 9.44. The van der Waals surface area contributed by atoms with E-state index in [0.29, 0.717) is 12.2 Å². The van der Waals surface area contributed by atoms with Crippen molar-refractivity contribution in [2.24, 2.45) is 0 Å². The van der Waals surface area contributed by atoms with Crippen LogP contribution in [0.15, 0.2) is 53.4 Å². The molecule has 1 unspecified atom stereocenters. The molecule has 1 amide bonds. The van der Waals surface area contributed by atoms with Crippen molar-refractivity contribution < 1.29 is 22.9 Å². The van der Waals surface area contributed by atoms with Gasteiger partial charge in [0.2, 0.25) is 0 Å². The summed E-state index contributed by atoms with van der Waals surface area (Å²) in [7, 11) is 1.80. The van der Waals surface area contributed by atoms with E-state index in [-0.39, 0.29) is 18.2 Å². The summed E-state index contributed by atoms with van der Waals surface area (Å²) in [6.07, 6.45) is -4.35. The van der Waals surface area contributed by atoms with Crippen LogP contribution in [0.1, 0.15) is 11.1 Å².